The summed E-state index contributed by atoms with van der Waals surface area (Å²) in [5.74, 6) is -0.135. The molecular weight excluding hydrogens is 978 g/mol. The van der Waals surface area contributed by atoms with E-state index in [1.807, 2.05) is 46.8 Å². The van der Waals surface area contributed by atoms with Gasteiger partial charge in [-0.25, -0.2) is 4.39 Å². The van der Waals surface area contributed by atoms with Crippen LogP contribution >= 0.6 is 0 Å². The number of benzene rings is 5. The first-order chi connectivity index (χ1) is 37.0. The van der Waals surface area contributed by atoms with E-state index in [-0.39, 0.29) is 58.8 Å². The molecule has 0 aliphatic carbocycles. The predicted octanol–water partition coefficient (Wildman–Crippen LogP) is 7.72. The van der Waals surface area contributed by atoms with Crippen molar-refractivity contribution < 1.29 is 33.3 Å². The Morgan fingerprint density at radius 1 is 0.868 bits per heavy atom. The van der Waals surface area contributed by atoms with E-state index in [4.69, 9.17) is 14.2 Å². The lowest BCUT2D eigenvalue weighted by Gasteiger charge is -2.39. The fourth-order valence-corrected chi connectivity index (χ4v) is 12.4. The van der Waals surface area contributed by atoms with Crippen molar-refractivity contribution in [2.24, 2.45) is 7.05 Å². The number of nitriles is 1. The van der Waals surface area contributed by atoms with Gasteiger partial charge in [0, 0.05) is 103 Å². The van der Waals surface area contributed by atoms with E-state index in [0.29, 0.717) is 108 Å². The van der Waals surface area contributed by atoms with E-state index < -0.39 is 5.82 Å². The number of fused-ring (bicyclic) bond motifs is 5. The zero-order valence-corrected chi connectivity index (χ0v) is 44.0. The van der Waals surface area contributed by atoms with Gasteiger partial charge in [0.1, 0.15) is 41.3 Å². The van der Waals surface area contributed by atoms with Crippen LogP contribution < -0.4 is 15.0 Å². The number of amides is 2. The number of morpholine rings is 1. The number of carbonyl (C=O) groups excluding carboxylic acids is 2. The molecule has 0 spiro atoms. The molecule has 16 heteroatoms. The second-order valence-electron chi connectivity index (χ2n) is 20.6. The molecule has 2 fully saturated rings. The standard InChI is InChI=1S/C60H61FN7O7Si/c1-63-52(33-48-58(63)57-49(34-62)54(73-2)17-16-51(57)68(60(48)72)43-11-13-44(69)14-12-43)46-28-39-18-21-66(56(70)31-40-10-15-45(32-50(40)61)75-27-24-64-22-25-74-26-23-64)35-42(39)29-47(46)59(71)67-36-41-9-5-4-8-38(41)30-55(76)53(67)37-65-19-6-3-7-20-65/h4-5,8-17,28-29,32-33,53,55,69H,3,6-7,18-27,30-31,35-37H2,1-2H3/t53-,55?/m1/s1. The number of hydrogen-bond acceptors (Lipinski definition) is 10. The van der Waals surface area contributed by atoms with Crippen molar-refractivity contribution in [3.63, 3.8) is 0 Å². The number of hydrogen-bond donors (Lipinski definition) is 1. The highest BCUT2D eigenvalue weighted by atomic mass is 28.1. The Hall–Kier alpha value is -7.29. The third kappa shape index (κ3) is 9.88. The maximum absolute atomic E-state index is 16.2. The number of aryl methyl sites for hydroxylation is 1. The van der Waals surface area contributed by atoms with E-state index in [2.05, 4.69) is 38.2 Å². The van der Waals surface area contributed by atoms with Gasteiger partial charge in [0.25, 0.3) is 11.5 Å². The molecule has 4 aliphatic heterocycles. The average Bonchev–Trinajstić information content (AvgIpc) is 3.89. The minimum Gasteiger partial charge on any atom is -0.508 e. The molecule has 389 valence electrons. The number of phenols is 1. The minimum atomic E-state index is -0.506. The Kier molecular flexibility index (Phi) is 14.5. The highest BCUT2D eigenvalue weighted by Gasteiger charge is 2.37. The van der Waals surface area contributed by atoms with Crippen molar-refractivity contribution in [1.29, 1.82) is 5.26 Å². The van der Waals surface area contributed by atoms with Crippen LogP contribution in [0.1, 0.15) is 63.0 Å². The molecule has 14 nitrogen and oxygen atoms in total. The lowest BCUT2D eigenvalue weighted by Crippen LogP contribution is -2.49. The zero-order valence-electron chi connectivity index (χ0n) is 43.0. The summed E-state index contributed by atoms with van der Waals surface area (Å²) in [6.07, 6.45) is 4.45. The van der Waals surface area contributed by atoms with Crippen LogP contribution in [0.2, 0.25) is 5.54 Å². The Balaban J connectivity index is 1.01. The van der Waals surface area contributed by atoms with Crippen molar-refractivity contribution in [3.05, 3.63) is 152 Å². The van der Waals surface area contributed by atoms with E-state index >= 15 is 14.0 Å². The fourth-order valence-electron chi connectivity index (χ4n) is 11.9. The van der Waals surface area contributed by atoms with Crippen molar-refractivity contribution in [2.45, 2.75) is 63.2 Å². The summed E-state index contributed by atoms with van der Waals surface area (Å²) < 4.78 is 36.2. The first-order valence-electron chi connectivity index (χ1n) is 26.4. The molecule has 0 saturated carbocycles. The van der Waals surface area contributed by atoms with Gasteiger partial charge in [-0.3, -0.25) is 23.9 Å². The first kappa shape index (κ1) is 50.8. The average molecular weight is 1040 g/mol. The third-order valence-electron chi connectivity index (χ3n) is 16.0. The van der Waals surface area contributed by atoms with Gasteiger partial charge in [-0.1, -0.05) is 36.8 Å². The highest BCUT2D eigenvalue weighted by Crippen LogP contribution is 2.40. The highest BCUT2D eigenvalue weighted by molar-refractivity contribution is 6.13. The molecule has 2 aromatic heterocycles. The number of ether oxygens (including phenoxy) is 3. The molecule has 1 N–H and O–H groups in total. The van der Waals surface area contributed by atoms with Crippen molar-refractivity contribution >= 4 is 43.9 Å². The van der Waals surface area contributed by atoms with E-state index in [0.717, 1.165) is 62.1 Å². The molecular formula is C60H61FN7O7Si. The molecule has 2 atom stereocenters. The van der Waals surface area contributed by atoms with Crippen LogP contribution in [0.3, 0.4) is 0 Å². The topological polar surface area (TPSA) is 146 Å². The van der Waals surface area contributed by atoms with Crippen LogP contribution in [0.15, 0.2) is 102 Å². The molecule has 4 aliphatic rings. The molecule has 11 rings (SSSR count). The zero-order chi connectivity index (χ0) is 52.6. The normalized spacial score (nSPS) is 18.2. The summed E-state index contributed by atoms with van der Waals surface area (Å²) in [5, 5.41) is 21.9. The predicted molar refractivity (Wildman–Crippen MR) is 290 cm³/mol. The third-order valence-corrected chi connectivity index (χ3v) is 16.6. The summed E-state index contributed by atoms with van der Waals surface area (Å²) in [6, 6.07) is 30.7. The second kappa shape index (κ2) is 21.7. The van der Waals surface area contributed by atoms with Crippen LogP contribution in [-0.2, 0) is 48.9 Å². The molecule has 7 aromatic rings. The molecule has 5 aromatic carbocycles. The summed E-state index contributed by atoms with van der Waals surface area (Å²) in [7, 11) is 7.55. The van der Waals surface area contributed by atoms with Crippen LogP contribution in [0.25, 0.3) is 38.8 Å². The molecule has 1 unspecified atom stereocenters. The monoisotopic (exact) mass is 1040 g/mol. The lowest BCUT2D eigenvalue weighted by atomic mass is 9.91. The number of methoxy groups -OCH3 is 1. The van der Waals surface area contributed by atoms with Gasteiger partial charge in [-0.2, -0.15) is 5.26 Å². The number of aromatic nitrogens is 2. The molecule has 2 saturated heterocycles. The Morgan fingerprint density at radius 2 is 1.64 bits per heavy atom. The Labute approximate surface area is 444 Å². The number of nitrogens with zero attached hydrogens (tertiary/aromatic N) is 7. The van der Waals surface area contributed by atoms with Gasteiger partial charge in [0.2, 0.25) is 5.91 Å². The number of carbonyl (C=O) groups is 2. The van der Waals surface area contributed by atoms with Gasteiger partial charge in [-0.15, -0.1) is 0 Å². The first-order valence-corrected chi connectivity index (χ1v) is 27.0. The van der Waals surface area contributed by atoms with Crippen molar-refractivity contribution in [2.75, 3.05) is 72.7 Å². The number of rotatable bonds is 12. The number of pyridine rings is 1. The van der Waals surface area contributed by atoms with Crippen molar-refractivity contribution in [1.82, 2.24) is 28.7 Å². The minimum absolute atomic E-state index is 0.0400. The summed E-state index contributed by atoms with van der Waals surface area (Å²) in [6.45, 7) is 7.71. The maximum Gasteiger partial charge on any atom is 0.265 e. The van der Waals surface area contributed by atoms with Gasteiger partial charge < -0.3 is 38.6 Å². The number of aromatic hydroxyl groups is 1. The van der Waals surface area contributed by atoms with Crippen LogP contribution in [0.4, 0.5) is 4.39 Å². The molecule has 2 amide bonds. The van der Waals surface area contributed by atoms with Crippen LogP contribution in [-0.4, -0.2) is 135 Å². The van der Waals surface area contributed by atoms with E-state index in [1.165, 1.54) is 37.3 Å². The molecule has 6 heterocycles. The fraction of sp³-hybridized carbons (Fsp3) is 0.367. The number of likely N-dealkylation sites (tertiary alicyclic amines) is 1. The molecule has 3 radical (unpaired) electrons. The quantitative estimate of drug-likeness (QED) is 0.121. The Morgan fingerprint density at radius 3 is 2.39 bits per heavy atom. The number of phenolic OH excluding ortho intramolecular Hbond substituents is 1. The summed E-state index contributed by atoms with van der Waals surface area (Å²) in [5.41, 5.74) is 7.19. The Bertz CT molecular complexity index is 3470. The van der Waals surface area contributed by atoms with Crippen LogP contribution in [0, 0.1) is 17.1 Å². The van der Waals surface area contributed by atoms with Crippen LogP contribution in [0.5, 0.6) is 17.2 Å². The number of halogens is 1. The van der Waals surface area contributed by atoms with Gasteiger partial charge in [-0.05, 0) is 133 Å². The summed E-state index contributed by atoms with van der Waals surface area (Å²) in [4.78, 5) is 53.9. The SMILES string of the molecule is COc1ccc2c(c1C#N)c1c(cc(-c3cc4c(cc3C(=O)N3Cc5ccccc5CC([Si])[C@H]3CN3CCCCC3)CN(C(=O)Cc3ccc(OCCN5CCOCC5)cc3F)CC4)n1C)c(=O)n2-c1ccc(O)cc1. The van der Waals surface area contributed by atoms with E-state index in [9.17, 15) is 15.2 Å². The second-order valence-corrected chi connectivity index (χ2v) is 21.3. The maximum atomic E-state index is 16.2. The molecule has 76 heavy (non-hydrogen) atoms. The van der Waals surface area contributed by atoms with Gasteiger partial charge in [0.05, 0.1) is 43.2 Å². The van der Waals surface area contributed by atoms with Crippen molar-refractivity contribution in [3.8, 4) is 40.3 Å². The number of piperidine rings is 1. The largest absolute Gasteiger partial charge is 0.508 e. The smallest absolute Gasteiger partial charge is 0.265 e. The van der Waals surface area contributed by atoms with E-state index in [1.54, 1.807) is 45.9 Å². The lowest BCUT2D eigenvalue weighted by molar-refractivity contribution is -0.131. The van der Waals surface area contributed by atoms with Gasteiger partial charge in [0.15, 0.2) is 0 Å². The summed E-state index contributed by atoms with van der Waals surface area (Å²) >= 11 is 0. The van der Waals surface area contributed by atoms with Gasteiger partial charge >= 0.3 is 0 Å². The molecule has 0 bridgehead atoms.